The van der Waals surface area contributed by atoms with Crippen LogP contribution in [0, 0.1) is 0 Å². The lowest BCUT2D eigenvalue weighted by Gasteiger charge is -2.08. The van der Waals surface area contributed by atoms with E-state index in [4.69, 9.17) is 23.2 Å². The van der Waals surface area contributed by atoms with Crippen molar-refractivity contribution in [2.24, 2.45) is 0 Å². The molecule has 0 bridgehead atoms. The molecule has 0 aliphatic rings. The molecule has 0 aliphatic heterocycles. The smallest absolute Gasteiger partial charge is 0.251 e. The fourth-order valence-electron chi connectivity index (χ4n) is 2.06. The lowest BCUT2D eigenvalue weighted by atomic mass is 10.1. The molecule has 1 aromatic carbocycles. The van der Waals surface area contributed by atoms with Gasteiger partial charge in [-0.2, -0.15) is 0 Å². The highest BCUT2D eigenvalue weighted by Crippen LogP contribution is 2.21. The monoisotopic (exact) mass is 351 g/mol. The van der Waals surface area contributed by atoms with Crippen LogP contribution in [0.15, 0.2) is 36.5 Å². The van der Waals surface area contributed by atoms with Crippen LogP contribution in [-0.2, 0) is 6.42 Å². The standard InChI is InChI=1S/C17H19Cl2N3O/c1-2-7-20-16-10-13(6-8-21-16)17(23)22-9-5-12-3-4-14(18)11-15(12)19/h3-4,6,8,10-11H,2,5,7,9H2,1H3,(H,20,21)(H,22,23). The molecule has 0 unspecified atom stereocenters. The molecule has 2 aromatic rings. The Kier molecular flexibility index (Phi) is 6.68. The van der Waals surface area contributed by atoms with Gasteiger partial charge in [0.2, 0.25) is 0 Å². The molecule has 4 nitrogen and oxygen atoms in total. The summed E-state index contributed by atoms with van der Waals surface area (Å²) < 4.78 is 0. The number of hydrogen-bond donors (Lipinski definition) is 2. The topological polar surface area (TPSA) is 54.0 Å². The molecule has 0 aliphatic carbocycles. The maximum atomic E-state index is 12.2. The minimum absolute atomic E-state index is 0.128. The number of amides is 1. The Balaban J connectivity index is 1.89. The fraction of sp³-hybridized carbons (Fsp3) is 0.294. The van der Waals surface area contributed by atoms with Crippen molar-refractivity contribution in [2.75, 3.05) is 18.4 Å². The average Bonchev–Trinajstić information content (AvgIpc) is 2.55. The van der Waals surface area contributed by atoms with Gasteiger partial charge in [-0.1, -0.05) is 36.2 Å². The second-order valence-electron chi connectivity index (χ2n) is 5.10. The Labute approximate surface area is 146 Å². The van der Waals surface area contributed by atoms with Crippen LogP contribution < -0.4 is 10.6 Å². The predicted molar refractivity (Wildman–Crippen MR) is 95.5 cm³/mol. The molecule has 0 fully saturated rings. The number of carbonyl (C=O) groups is 1. The number of halogens is 2. The molecule has 1 amide bonds. The summed E-state index contributed by atoms with van der Waals surface area (Å²) in [6.45, 7) is 3.40. The Bertz CT molecular complexity index is 677. The van der Waals surface area contributed by atoms with Gasteiger partial charge in [0.25, 0.3) is 5.91 Å². The third-order valence-electron chi connectivity index (χ3n) is 3.27. The normalized spacial score (nSPS) is 10.4. The van der Waals surface area contributed by atoms with Crippen molar-refractivity contribution in [1.82, 2.24) is 10.3 Å². The summed E-state index contributed by atoms with van der Waals surface area (Å²) in [5, 5.41) is 7.27. The molecule has 0 saturated heterocycles. The number of pyridine rings is 1. The van der Waals surface area contributed by atoms with E-state index in [0.717, 1.165) is 18.5 Å². The van der Waals surface area contributed by atoms with Crippen LogP contribution in [0.1, 0.15) is 29.3 Å². The Morgan fingerprint density at radius 1 is 1.17 bits per heavy atom. The summed E-state index contributed by atoms with van der Waals surface area (Å²) in [5.74, 6) is 0.581. The molecule has 1 aromatic heterocycles. The molecule has 0 saturated carbocycles. The lowest BCUT2D eigenvalue weighted by molar-refractivity contribution is 0.0954. The van der Waals surface area contributed by atoms with E-state index in [1.807, 2.05) is 6.07 Å². The van der Waals surface area contributed by atoms with Crippen LogP contribution in [0.4, 0.5) is 5.82 Å². The van der Waals surface area contributed by atoms with Gasteiger partial charge in [-0.15, -0.1) is 0 Å². The van der Waals surface area contributed by atoms with Crippen LogP contribution in [0.5, 0.6) is 0 Å². The van der Waals surface area contributed by atoms with Gasteiger partial charge in [0.15, 0.2) is 0 Å². The largest absolute Gasteiger partial charge is 0.370 e. The van der Waals surface area contributed by atoms with E-state index in [2.05, 4.69) is 22.5 Å². The van der Waals surface area contributed by atoms with Crippen molar-refractivity contribution in [3.63, 3.8) is 0 Å². The highest BCUT2D eigenvalue weighted by Gasteiger charge is 2.07. The lowest BCUT2D eigenvalue weighted by Crippen LogP contribution is -2.26. The SMILES string of the molecule is CCCNc1cc(C(=O)NCCc2ccc(Cl)cc2Cl)ccn1. The third-order valence-corrected chi connectivity index (χ3v) is 3.86. The number of anilines is 1. The summed E-state index contributed by atoms with van der Waals surface area (Å²) in [5.41, 5.74) is 1.54. The first-order chi connectivity index (χ1) is 11.1. The molecule has 0 radical (unpaired) electrons. The molecular formula is C17H19Cl2N3O. The van der Waals surface area contributed by atoms with E-state index in [1.165, 1.54) is 0 Å². The second-order valence-corrected chi connectivity index (χ2v) is 5.94. The average molecular weight is 352 g/mol. The zero-order valence-corrected chi connectivity index (χ0v) is 14.4. The summed E-state index contributed by atoms with van der Waals surface area (Å²) in [6, 6.07) is 8.81. The first-order valence-corrected chi connectivity index (χ1v) is 8.27. The fourth-order valence-corrected chi connectivity index (χ4v) is 2.56. The zero-order valence-electron chi connectivity index (χ0n) is 12.9. The van der Waals surface area contributed by atoms with Crippen LogP contribution in [-0.4, -0.2) is 24.0 Å². The third kappa shape index (κ3) is 5.41. The maximum Gasteiger partial charge on any atom is 0.251 e. The quantitative estimate of drug-likeness (QED) is 0.786. The van der Waals surface area contributed by atoms with E-state index in [0.29, 0.717) is 34.4 Å². The van der Waals surface area contributed by atoms with Crippen molar-refractivity contribution < 1.29 is 4.79 Å². The minimum atomic E-state index is -0.128. The number of nitrogens with zero attached hydrogens (tertiary/aromatic N) is 1. The van der Waals surface area contributed by atoms with Crippen molar-refractivity contribution in [3.8, 4) is 0 Å². The van der Waals surface area contributed by atoms with E-state index in [9.17, 15) is 4.79 Å². The van der Waals surface area contributed by atoms with Gasteiger partial charge < -0.3 is 10.6 Å². The minimum Gasteiger partial charge on any atom is -0.370 e. The number of benzene rings is 1. The van der Waals surface area contributed by atoms with Crippen LogP contribution in [0.2, 0.25) is 10.0 Å². The molecule has 0 atom stereocenters. The van der Waals surface area contributed by atoms with Crippen LogP contribution in [0.3, 0.4) is 0 Å². The molecule has 0 spiro atoms. The number of carbonyl (C=O) groups excluding carboxylic acids is 1. The number of rotatable bonds is 7. The van der Waals surface area contributed by atoms with Gasteiger partial charge in [-0.3, -0.25) is 4.79 Å². The van der Waals surface area contributed by atoms with E-state index in [-0.39, 0.29) is 5.91 Å². The Morgan fingerprint density at radius 3 is 2.74 bits per heavy atom. The van der Waals surface area contributed by atoms with E-state index >= 15 is 0 Å². The predicted octanol–water partition coefficient (Wildman–Crippen LogP) is 4.18. The van der Waals surface area contributed by atoms with E-state index < -0.39 is 0 Å². The van der Waals surface area contributed by atoms with Crippen molar-refractivity contribution in [2.45, 2.75) is 19.8 Å². The summed E-state index contributed by atoms with van der Waals surface area (Å²) >= 11 is 12.0. The number of aromatic nitrogens is 1. The Hall–Kier alpha value is -1.78. The highest BCUT2D eigenvalue weighted by molar-refractivity contribution is 6.35. The summed E-state index contributed by atoms with van der Waals surface area (Å²) in [6.07, 6.45) is 3.27. The van der Waals surface area contributed by atoms with Crippen molar-refractivity contribution >= 4 is 34.9 Å². The van der Waals surface area contributed by atoms with Gasteiger partial charge in [0.05, 0.1) is 0 Å². The molecule has 6 heteroatoms. The number of hydrogen-bond acceptors (Lipinski definition) is 3. The highest BCUT2D eigenvalue weighted by atomic mass is 35.5. The van der Waals surface area contributed by atoms with Crippen LogP contribution in [0.25, 0.3) is 0 Å². The van der Waals surface area contributed by atoms with Crippen molar-refractivity contribution in [3.05, 3.63) is 57.7 Å². The molecule has 1 heterocycles. The number of nitrogens with one attached hydrogen (secondary N) is 2. The molecular weight excluding hydrogens is 333 g/mol. The molecule has 23 heavy (non-hydrogen) atoms. The van der Waals surface area contributed by atoms with E-state index in [1.54, 1.807) is 30.5 Å². The summed E-state index contributed by atoms with van der Waals surface area (Å²) in [7, 11) is 0. The zero-order chi connectivity index (χ0) is 16.7. The summed E-state index contributed by atoms with van der Waals surface area (Å²) in [4.78, 5) is 16.4. The first kappa shape index (κ1) is 17.6. The first-order valence-electron chi connectivity index (χ1n) is 7.52. The van der Waals surface area contributed by atoms with Crippen LogP contribution >= 0.6 is 23.2 Å². The maximum absolute atomic E-state index is 12.2. The molecule has 2 N–H and O–H groups in total. The molecule has 122 valence electrons. The van der Waals surface area contributed by atoms with Gasteiger partial charge in [0, 0.05) is 34.9 Å². The van der Waals surface area contributed by atoms with Gasteiger partial charge in [0.1, 0.15) is 5.82 Å². The van der Waals surface area contributed by atoms with Gasteiger partial charge in [-0.05, 0) is 42.7 Å². The van der Waals surface area contributed by atoms with Gasteiger partial charge in [-0.25, -0.2) is 4.98 Å². The van der Waals surface area contributed by atoms with Crippen molar-refractivity contribution in [1.29, 1.82) is 0 Å². The van der Waals surface area contributed by atoms with Gasteiger partial charge >= 0.3 is 0 Å². The second kappa shape index (κ2) is 8.75. The Morgan fingerprint density at radius 2 is 2.00 bits per heavy atom. The molecule has 2 rings (SSSR count).